The molecule has 0 fully saturated rings. The predicted octanol–water partition coefficient (Wildman–Crippen LogP) is 3.32. The maximum absolute atomic E-state index is 13.4. The predicted molar refractivity (Wildman–Crippen MR) is 51.1 cm³/mol. The molecule has 0 saturated heterocycles. The van der Waals surface area contributed by atoms with Gasteiger partial charge in [-0.05, 0) is 12.5 Å². The molecule has 0 heterocycles. The molecule has 1 unspecified atom stereocenters. The summed E-state index contributed by atoms with van der Waals surface area (Å²) in [5.41, 5.74) is 1.74. The van der Waals surface area contributed by atoms with Crippen LogP contribution in [-0.2, 0) is 0 Å². The van der Waals surface area contributed by atoms with E-state index in [0.29, 0.717) is 12.0 Å². The van der Waals surface area contributed by atoms with Crippen molar-refractivity contribution in [1.29, 1.82) is 0 Å². The zero-order valence-electron chi connectivity index (χ0n) is 7.63. The summed E-state index contributed by atoms with van der Waals surface area (Å²) < 4.78 is 13.4. The number of rotatable bonds is 3. The highest BCUT2D eigenvalue weighted by Crippen LogP contribution is 2.21. The first-order chi connectivity index (χ1) is 6.24. The molecule has 0 bridgehead atoms. The van der Waals surface area contributed by atoms with E-state index < -0.39 is 6.17 Å². The second-order valence-corrected chi connectivity index (χ2v) is 3.05. The number of benzene rings is 1. The highest BCUT2D eigenvalue weighted by Gasteiger charge is 2.10. The molecule has 0 aliphatic heterocycles. The number of aryl methyl sites for hydroxylation is 1. The van der Waals surface area contributed by atoms with Crippen molar-refractivity contribution in [2.45, 2.75) is 19.5 Å². The molecule has 0 amide bonds. The molecule has 2 heteroatoms. The Morgan fingerprint density at radius 3 is 2.92 bits per heavy atom. The first kappa shape index (κ1) is 9.73. The van der Waals surface area contributed by atoms with Gasteiger partial charge in [-0.15, -0.1) is 0 Å². The average Bonchev–Trinajstić information content (AvgIpc) is 2.14. The molecule has 1 aromatic rings. The van der Waals surface area contributed by atoms with Gasteiger partial charge in [0.2, 0.25) is 6.54 Å². The molecule has 0 saturated carbocycles. The lowest BCUT2D eigenvalue weighted by atomic mass is 10.1. The van der Waals surface area contributed by atoms with Crippen molar-refractivity contribution in [1.82, 2.24) is 0 Å². The third-order valence-electron chi connectivity index (χ3n) is 1.90. The van der Waals surface area contributed by atoms with E-state index in [1.54, 1.807) is 6.07 Å². The molecule has 0 N–H and O–H groups in total. The van der Waals surface area contributed by atoms with Crippen LogP contribution in [0, 0.1) is 13.5 Å². The Morgan fingerprint density at radius 2 is 2.31 bits per heavy atom. The first-order valence-electron chi connectivity index (χ1n) is 4.28. The molecule has 13 heavy (non-hydrogen) atoms. The topological polar surface area (TPSA) is 4.36 Å². The van der Waals surface area contributed by atoms with E-state index in [9.17, 15) is 4.39 Å². The van der Waals surface area contributed by atoms with Crippen molar-refractivity contribution < 1.29 is 4.39 Å². The maximum atomic E-state index is 13.4. The van der Waals surface area contributed by atoms with Crippen LogP contribution in [-0.4, -0.2) is 6.54 Å². The minimum absolute atomic E-state index is 0.259. The third kappa shape index (κ3) is 2.87. The second kappa shape index (κ2) is 4.61. The smallest absolute Gasteiger partial charge is 0.217 e. The lowest BCUT2D eigenvalue weighted by molar-refractivity contribution is 0.332. The Morgan fingerprint density at radius 1 is 1.54 bits per heavy atom. The van der Waals surface area contributed by atoms with Gasteiger partial charge >= 0.3 is 0 Å². The highest BCUT2D eigenvalue weighted by atomic mass is 19.1. The molecule has 0 radical (unpaired) electrons. The summed E-state index contributed by atoms with van der Waals surface area (Å²) in [6.45, 7) is 8.75. The lowest BCUT2D eigenvalue weighted by Crippen LogP contribution is -1.93. The van der Waals surface area contributed by atoms with Gasteiger partial charge in [0.05, 0.1) is 6.42 Å². The van der Waals surface area contributed by atoms with Crippen molar-refractivity contribution in [3.63, 3.8) is 0 Å². The third-order valence-corrected chi connectivity index (χ3v) is 1.90. The summed E-state index contributed by atoms with van der Waals surface area (Å²) in [5.74, 6) is 0. The normalized spacial score (nSPS) is 12.1. The van der Waals surface area contributed by atoms with E-state index in [0.717, 1.165) is 5.56 Å². The summed E-state index contributed by atoms with van der Waals surface area (Å²) in [6.07, 6.45) is -0.693. The summed E-state index contributed by atoms with van der Waals surface area (Å²) in [7, 11) is 0. The SMILES string of the molecule is [C-]#[N+]CCC(F)c1cccc(C)c1. The molecule has 0 aromatic heterocycles. The van der Waals surface area contributed by atoms with Crippen molar-refractivity contribution in [2.75, 3.05) is 6.54 Å². The summed E-state index contributed by atoms with van der Waals surface area (Å²) in [4.78, 5) is 3.13. The zero-order valence-corrected chi connectivity index (χ0v) is 7.63. The Labute approximate surface area is 78.0 Å². The molecular formula is C11H12FN. The fourth-order valence-corrected chi connectivity index (χ4v) is 1.21. The van der Waals surface area contributed by atoms with Crippen molar-refractivity contribution in [2.24, 2.45) is 0 Å². The Kier molecular flexibility index (Phi) is 3.45. The van der Waals surface area contributed by atoms with Gasteiger partial charge in [-0.3, -0.25) is 0 Å². The second-order valence-electron chi connectivity index (χ2n) is 3.05. The molecule has 0 aliphatic carbocycles. The number of alkyl halides is 1. The quantitative estimate of drug-likeness (QED) is 0.624. The van der Waals surface area contributed by atoms with Gasteiger partial charge < -0.3 is 4.85 Å². The highest BCUT2D eigenvalue weighted by molar-refractivity contribution is 5.24. The van der Waals surface area contributed by atoms with Crippen LogP contribution in [0.1, 0.15) is 23.7 Å². The molecule has 0 aliphatic rings. The van der Waals surface area contributed by atoms with Gasteiger partial charge in [-0.1, -0.05) is 29.8 Å². The fraction of sp³-hybridized carbons (Fsp3) is 0.364. The van der Waals surface area contributed by atoms with Crippen LogP contribution >= 0.6 is 0 Å². The zero-order chi connectivity index (χ0) is 9.68. The van der Waals surface area contributed by atoms with E-state index in [2.05, 4.69) is 4.85 Å². The average molecular weight is 177 g/mol. The first-order valence-corrected chi connectivity index (χ1v) is 4.28. The largest absolute Gasteiger partial charge is 0.317 e. The Bertz CT molecular complexity index is 314. The molecule has 0 spiro atoms. The van der Waals surface area contributed by atoms with Gasteiger partial charge in [0.15, 0.2) is 0 Å². The maximum Gasteiger partial charge on any atom is 0.217 e. The fourth-order valence-electron chi connectivity index (χ4n) is 1.21. The number of hydrogen-bond donors (Lipinski definition) is 0. The van der Waals surface area contributed by atoms with Gasteiger partial charge in [0, 0.05) is 0 Å². The van der Waals surface area contributed by atoms with E-state index in [1.165, 1.54) is 0 Å². The summed E-state index contributed by atoms with van der Waals surface area (Å²) >= 11 is 0. The molecule has 1 nitrogen and oxygen atoms in total. The number of hydrogen-bond acceptors (Lipinski definition) is 0. The van der Waals surface area contributed by atoms with E-state index in [1.807, 2.05) is 25.1 Å². The number of halogens is 1. The minimum atomic E-state index is -0.992. The van der Waals surface area contributed by atoms with E-state index in [4.69, 9.17) is 6.57 Å². The standard InChI is InChI=1S/C11H12FN/c1-9-4-3-5-10(8-9)11(12)6-7-13-2/h3-5,8,11H,6-7H2,1H3. The molecule has 1 atom stereocenters. The Balaban J connectivity index is 2.66. The van der Waals surface area contributed by atoms with Gasteiger partial charge in [0.1, 0.15) is 6.17 Å². The van der Waals surface area contributed by atoms with Crippen LogP contribution in [0.15, 0.2) is 24.3 Å². The van der Waals surface area contributed by atoms with E-state index >= 15 is 0 Å². The molecular weight excluding hydrogens is 165 g/mol. The molecule has 1 rings (SSSR count). The lowest BCUT2D eigenvalue weighted by Gasteiger charge is -2.05. The molecule has 68 valence electrons. The van der Waals surface area contributed by atoms with Crippen LogP contribution < -0.4 is 0 Å². The minimum Gasteiger partial charge on any atom is -0.317 e. The van der Waals surface area contributed by atoms with Crippen LogP contribution in [0.5, 0.6) is 0 Å². The van der Waals surface area contributed by atoms with Gasteiger partial charge in [-0.2, -0.15) is 0 Å². The van der Waals surface area contributed by atoms with Crippen molar-refractivity contribution >= 4 is 0 Å². The molecule has 1 aromatic carbocycles. The van der Waals surface area contributed by atoms with Crippen molar-refractivity contribution in [3.05, 3.63) is 46.8 Å². The van der Waals surface area contributed by atoms with Gasteiger partial charge in [0.25, 0.3) is 0 Å². The Hall–Kier alpha value is -1.36. The van der Waals surface area contributed by atoms with Crippen LogP contribution in [0.3, 0.4) is 0 Å². The summed E-state index contributed by atoms with van der Waals surface area (Å²) in [5, 5.41) is 0. The summed E-state index contributed by atoms with van der Waals surface area (Å²) in [6, 6.07) is 7.37. The number of nitrogens with zero attached hydrogens (tertiary/aromatic N) is 1. The van der Waals surface area contributed by atoms with Gasteiger partial charge in [-0.25, -0.2) is 11.0 Å². The monoisotopic (exact) mass is 177 g/mol. The van der Waals surface area contributed by atoms with E-state index in [-0.39, 0.29) is 6.54 Å². The van der Waals surface area contributed by atoms with Crippen molar-refractivity contribution in [3.8, 4) is 0 Å². The van der Waals surface area contributed by atoms with Crippen LogP contribution in [0.2, 0.25) is 0 Å². The van der Waals surface area contributed by atoms with Crippen LogP contribution in [0.25, 0.3) is 4.85 Å². The van der Waals surface area contributed by atoms with Crippen LogP contribution in [0.4, 0.5) is 4.39 Å².